The minimum absolute atomic E-state index is 0.110. The van der Waals surface area contributed by atoms with Crippen molar-refractivity contribution in [1.29, 1.82) is 0 Å². The minimum atomic E-state index is -0.945. The summed E-state index contributed by atoms with van der Waals surface area (Å²) in [5, 5.41) is 32.3. The molecule has 4 rings (SSSR count). The van der Waals surface area contributed by atoms with Crippen molar-refractivity contribution in [3.8, 4) is 0 Å². The largest absolute Gasteiger partial charge is 0.460 e. The Morgan fingerprint density at radius 2 is 1.75 bits per heavy atom. The molecule has 4 aliphatic carbocycles. The van der Waals surface area contributed by atoms with Crippen molar-refractivity contribution in [2.24, 2.45) is 40.4 Å². The molecule has 0 amide bonds. The second-order valence-corrected chi connectivity index (χ2v) is 13.8. The molecule has 4 aliphatic rings. The molecule has 36 heavy (non-hydrogen) atoms. The number of allylic oxidation sites excluding steroid dienone is 1. The molecule has 0 aromatic rings. The van der Waals surface area contributed by atoms with E-state index in [0.717, 1.165) is 38.5 Å². The van der Waals surface area contributed by atoms with Gasteiger partial charge in [-0.05, 0) is 107 Å². The quantitative estimate of drug-likeness (QED) is 0.278. The Labute approximate surface area is 216 Å². The van der Waals surface area contributed by atoms with Crippen molar-refractivity contribution in [2.45, 2.75) is 123 Å². The van der Waals surface area contributed by atoms with Crippen LogP contribution in [0.2, 0.25) is 0 Å². The summed E-state index contributed by atoms with van der Waals surface area (Å²) in [5.74, 6) is 1.39. The third kappa shape index (κ3) is 5.33. The van der Waals surface area contributed by atoms with E-state index in [1.54, 1.807) is 26.8 Å². The van der Waals surface area contributed by atoms with Gasteiger partial charge in [-0.2, -0.15) is 0 Å². The molecule has 10 atom stereocenters. The molecule has 0 heterocycles. The van der Waals surface area contributed by atoms with Gasteiger partial charge < -0.3 is 20.1 Å². The van der Waals surface area contributed by atoms with Crippen LogP contribution in [0.5, 0.6) is 0 Å². The Hall–Kier alpha value is -1.24. The van der Waals surface area contributed by atoms with Crippen LogP contribution in [0.4, 0.5) is 0 Å². The van der Waals surface area contributed by atoms with Gasteiger partial charge in [0.25, 0.3) is 0 Å². The van der Waals surface area contributed by atoms with Gasteiger partial charge in [-0.15, -0.1) is 0 Å². The number of ketones is 1. The lowest BCUT2D eigenvalue weighted by molar-refractivity contribution is -0.167. The maximum absolute atomic E-state index is 12.3. The highest BCUT2D eigenvalue weighted by molar-refractivity contribution is 5.95. The van der Waals surface area contributed by atoms with Crippen molar-refractivity contribution in [3.63, 3.8) is 0 Å². The summed E-state index contributed by atoms with van der Waals surface area (Å²) in [6, 6.07) is 0. The van der Waals surface area contributed by atoms with Crippen molar-refractivity contribution in [2.75, 3.05) is 0 Å². The lowest BCUT2D eigenvalue weighted by Crippen LogP contribution is -2.58. The van der Waals surface area contributed by atoms with E-state index in [0.29, 0.717) is 23.7 Å². The van der Waals surface area contributed by atoms with Crippen LogP contribution >= 0.6 is 0 Å². The molecule has 204 valence electrons. The summed E-state index contributed by atoms with van der Waals surface area (Å²) in [6.45, 7) is 9.94. The summed E-state index contributed by atoms with van der Waals surface area (Å²) < 4.78 is 5.20. The fourth-order valence-electron chi connectivity index (χ4n) is 8.74. The normalized spacial score (nSPS) is 43.4. The first-order valence-corrected chi connectivity index (χ1v) is 14.2. The second-order valence-electron chi connectivity index (χ2n) is 13.8. The van der Waals surface area contributed by atoms with Crippen LogP contribution in [0.3, 0.4) is 0 Å². The van der Waals surface area contributed by atoms with Crippen LogP contribution in [-0.4, -0.2) is 51.0 Å². The summed E-state index contributed by atoms with van der Waals surface area (Å²) in [7, 11) is 0. The number of Topliss-reactive ketones (excluding diaryl/α,β-unsaturated/α-hetero) is 1. The van der Waals surface area contributed by atoms with Crippen LogP contribution in [0.15, 0.2) is 12.2 Å². The van der Waals surface area contributed by atoms with Gasteiger partial charge >= 0.3 is 5.97 Å². The second kappa shape index (κ2) is 10.1. The number of carbonyl (C=O) groups excluding carboxylic acids is 2. The molecular formula is C30H48O6. The molecule has 0 aromatic heterocycles. The number of ether oxygens (including phenoxy) is 1. The summed E-state index contributed by atoms with van der Waals surface area (Å²) in [6.07, 6.45) is 9.88. The highest BCUT2D eigenvalue weighted by Crippen LogP contribution is 2.67. The third-order valence-corrected chi connectivity index (χ3v) is 10.6. The summed E-state index contributed by atoms with van der Waals surface area (Å²) in [4.78, 5) is 24.2. The van der Waals surface area contributed by atoms with Crippen molar-refractivity contribution >= 4 is 11.8 Å². The van der Waals surface area contributed by atoms with Gasteiger partial charge in [-0.1, -0.05) is 26.0 Å². The average molecular weight is 505 g/mol. The van der Waals surface area contributed by atoms with Crippen molar-refractivity contribution < 1.29 is 29.6 Å². The molecule has 4 fully saturated rings. The fourth-order valence-corrected chi connectivity index (χ4v) is 8.74. The summed E-state index contributed by atoms with van der Waals surface area (Å²) in [5.41, 5.74) is -0.655. The third-order valence-electron chi connectivity index (χ3n) is 10.6. The van der Waals surface area contributed by atoms with E-state index in [2.05, 4.69) is 13.8 Å². The maximum atomic E-state index is 12.3. The van der Waals surface area contributed by atoms with Gasteiger partial charge in [0.05, 0.1) is 18.3 Å². The first kappa shape index (κ1) is 27.8. The Morgan fingerprint density at radius 3 is 2.44 bits per heavy atom. The molecule has 2 unspecified atom stereocenters. The molecule has 0 spiro atoms. The number of aliphatic hydroxyl groups is 3. The van der Waals surface area contributed by atoms with Crippen LogP contribution in [0, 0.1) is 40.4 Å². The monoisotopic (exact) mass is 504 g/mol. The minimum Gasteiger partial charge on any atom is -0.460 e. The van der Waals surface area contributed by atoms with Gasteiger partial charge in [0.15, 0.2) is 0 Å². The predicted octanol–water partition coefficient (Wildman–Crippen LogP) is 4.59. The van der Waals surface area contributed by atoms with Gasteiger partial charge in [0.1, 0.15) is 17.8 Å². The standard InChI is InChI=1S/C30H48O6/c1-28(2,3)36-27(35)16-22(33)15-20(31)9-6-18-8-11-24-23-10-7-19-14-21(32)12-13-29(19,4)25(23)17-26(34)30(18,24)5/h6,9,18-21,23-26,31-32,34H,7-8,10-17H2,1-5H3/b9-6+/t18?,19-,20?,21-,23+,24+,25+,26+,29+,30-/m1/s1. The number of hydrogen-bond acceptors (Lipinski definition) is 6. The van der Waals surface area contributed by atoms with Crippen LogP contribution in [0.25, 0.3) is 0 Å². The molecule has 0 bridgehead atoms. The number of rotatable bonds is 6. The number of carbonyl (C=O) groups is 2. The van der Waals surface area contributed by atoms with Gasteiger partial charge in [-0.3, -0.25) is 9.59 Å². The average Bonchev–Trinajstić information content (AvgIpc) is 3.10. The lowest BCUT2D eigenvalue weighted by atomic mass is 9.44. The van der Waals surface area contributed by atoms with E-state index >= 15 is 0 Å². The first-order valence-electron chi connectivity index (χ1n) is 14.2. The number of esters is 1. The number of fused-ring (bicyclic) bond motifs is 5. The Kier molecular flexibility index (Phi) is 7.83. The van der Waals surface area contributed by atoms with Crippen LogP contribution in [-0.2, 0) is 14.3 Å². The van der Waals surface area contributed by atoms with E-state index in [9.17, 15) is 24.9 Å². The highest BCUT2D eigenvalue weighted by Gasteiger charge is 2.62. The zero-order valence-electron chi connectivity index (χ0n) is 22.9. The first-order chi connectivity index (χ1) is 16.7. The van der Waals surface area contributed by atoms with E-state index in [1.807, 2.05) is 6.08 Å². The van der Waals surface area contributed by atoms with E-state index in [-0.39, 0.29) is 41.5 Å². The molecular weight excluding hydrogens is 456 g/mol. The molecule has 3 N–H and O–H groups in total. The van der Waals surface area contributed by atoms with Gasteiger partial charge in [0, 0.05) is 11.8 Å². The van der Waals surface area contributed by atoms with Crippen LogP contribution in [0.1, 0.15) is 98.8 Å². The maximum Gasteiger partial charge on any atom is 0.313 e. The molecule has 0 saturated heterocycles. The van der Waals surface area contributed by atoms with Crippen LogP contribution < -0.4 is 0 Å². The Balaban J connectivity index is 1.39. The smallest absolute Gasteiger partial charge is 0.313 e. The zero-order chi connectivity index (χ0) is 26.5. The summed E-state index contributed by atoms with van der Waals surface area (Å²) >= 11 is 0. The Bertz CT molecular complexity index is 860. The molecule has 4 saturated carbocycles. The van der Waals surface area contributed by atoms with E-state index in [4.69, 9.17) is 4.74 Å². The highest BCUT2D eigenvalue weighted by atomic mass is 16.6. The number of hydrogen-bond donors (Lipinski definition) is 3. The molecule has 0 radical (unpaired) electrons. The topological polar surface area (TPSA) is 104 Å². The SMILES string of the molecule is CC(C)(C)OC(=O)CC(=O)CC(O)/C=C/C1CC[C@H]2[C@@H]3CC[C@@H]4C[C@H](O)CC[C@]4(C)[C@H]3C[C@H](O)[C@]12C. The van der Waals surface area contributed by atoms with Crippen molar-refractivity contribution in [3.05, 3.63) is 12.2 Å². The Morgan fingerprint density at radius 1 is 1.03 bits per heavy atom. The van der Waals surface area contributed by atoms with E-state index < -0.39 is 23.8 Å². The van der Waals surface area contributed by atoms with Crippen molar-refractivity contribution in [1.82, 2.24) is 0 Å². The molecule has 6 heteroatoms. The van der Waals surface area contributed by atoms with E-state index in [1.165, 1.54) is 12.8 Å². The van der Waals surface area contributed by atoms with Gasteiger partial charge in [0.2, 0.25) is 0 Å². The fraction of sp³-hybridized carbons (Fsp3) is 0.867. The zero-order valence-corrected chi connectivity index (χ0v) is 22.9. The molecule has 0 aromatic carbocycles. The predicted molar refractivity (Wildman–Crippen MR) is 138 cm³/mol. The molecule has 0 aliphatic heterocycles. The lowest BCUT2D eigenvalue weighted by Gasteiger charge is -2.62. The molecule has 6 nitrogen and oxygen atoms in total. The van der Waals surface area contributed by atoms with Gasteiger partial charge in [-0.25, -0.2) is 0 Å². The number of aliphatic hydroxyl groups excluding tert-OH is 3.